The number of halogens is 1. The third-order valence-electron chi connectivity index (χ3n) is 4.77. The van der Waals surface area contributed by atoms with E-state index in [9.17, 15) is 0 Å². The summed E-state index contributed by atoms with van der Waals surface area (Å²) in [4.78, 5) is 0. The number of hydrogen-bond acceptors (Lipinski definition) is 2. The lowest BCUT2D eigenvalue weighted by atomic mass is 10.0. The number of nitrogens with one attached hydrogen (secondary N) is 1. The Morgan fingerprint density at radius 3 is 1.29 bits per heavy atom. The van der Waals surface area contributed by atoms with Gasteiger partial charge in [-0.3, -0.25) is 5.32 Å². The summed E-state index contributed by atoms with van der Waals surface area (Å²) in [6.07, 6.45) is 22.9. The van der Waals surface area contributed by atoms with Crippen molar-refractivity contribution in [1.29, 1.82) is 0 Å². The fraction of sp³-hybridized carbons (Fsp3) is 1.00. The SMILES string of the molecule is CCCCCCCCCCCCCCCCCCOC(C)NC.Cl. The second-order valence-electron chi connectivity index (χ2n) is 7.10. The van der Waals surface area contributed by atoms with Crippen LogP contribution in [0.25, 0.3) is 0 Å². The molecule has 0 aromatic carbocycles. The van der Waals surface area contributed by atoms with Gasteiger partial charge in [-0.2, -0.15) is 0 Å². The summed E-state index contributed by atoms with van der Waals surface area (Å²) in [7, 11) is 1.94. The highest BCUT2D eigenvalue weighted by Crippen LogP contribution is 2.13. The fourth-order valence-corrected chi connectivity index (χ4v) is 2.99. The van der Waals surface area contributed by atoms with Crippen LogP contribution < -0.4 is 5.32 Å². The van der Waals surface area contributed by atoms with E-state index in [0.29, 0.717) is 0 Å². The van der Waals surface area contributed by atoms with Gasteiger partial charge in [-0.05, 0) is 20.4 Å². The Morgan fingerprint density at radius 1 is 0.625 bits per heavy atom. The first-order chi connectivity index (χ1) is 11.3. The van der Waals surface area contributed by atoms with E-state index in [1.54, 1.807) is 0 Å². The van der Waals surface area contributed by atoms with Crippen LogP contribution in [0.3, 0.4) is 0 Å². The van der Waals surface area contributed by atoms with Crippen LogP contribution in [-0.4, -0.2) is 19.9 Å². The van der Waals surface area contributed by atoms with Gasteiger partial charge in [-0.1, -0.05) is 103 Å². The zero-order valence-electron chi connectivity index (χ0n) is 16.9. The molecule has 0 amide bonds. The van der Waals surface area contributed by atoms with Gasteiger partial charge in [0.2, 0.25) is 0 Å². The molecular weight excluding hydrogens is 318 g/mol. The maximum atomic E-state index is 5.60. The molecule has 0 saturated heterocycles. The van der Waals surface area contributed by atoms with Crippen molar-refractivity contribution in [2.45, 2.75) is 123 Å². The molecule has 0 aliphatic rings. The third kappa shape index (κ3) is 22.2. The summed E-state index contributed by atoms with van der Waals surface area (Å²) >= 11 is 0. The molecule has 3 heteroatoms. The molecule has 1 N–H and O–H groups in total. The van der Waals surface area contributed by atoms with Gasteiger partial charge in [0.25, 0.3) is 0 Å². The Bertz CT molecular complexity index is 214. The van der Waals surface area contributed by atoms with Crippen LogP contribution in [0.1, 0.15) is 117 Å². The van der Waals surface area contributed by atoms with Gasteiger partial charge in [0.05, 0.1) is 0 Å². The molecule has 0 aliphatic heterocycles. The molecule has 24 heavy (non-hydrogen) atoms. The van der Waals surface area contributed by atoms with E-state index in [0.717, 1.165) is 6.61 Å². The molecule has 0 bridgehead atoms. The number of hydrogen-bond donors (Lipinski definition) is 1. The monoisotopic (exact) mass is 363 g/mol. The van der Waals surface area contributed by atoms with E-state index in [2.05, 4.69) is 19.2 Å². The van der Waals surface area contributed by atoms with Crippen LogP contribution in [0.5, 0.6) is 0 Å². The summed E-state index contributed by atoms with van der Waals surface area (Å²) in [5.74, 6) is 0. The summed E-state index contributed by atoms with van der Waals surface area (Å²) < 4.78 is 5.60. The molecular formula is C21H46ClNO. The lowest BCUT2D eigenvalue weighted by molar-refractivity contribution is 0.0456. The molecule has 0 aliphatic carbocycles. The van der Waals surface area contributed by atoms with Crippen molar-refractivity contribution in [3.05, 3.63) is 0 Å². The minimum atomic E-state index is 0. The Hall–Kier alpha value is 0.210. The third-order valence-corrected chi connectivity index (χ3v) is 4.77. The van der Waals surface area contributed by atoms with E-state index in [4.69, 9.17) is 4.74 Å². The summed E-state index contributed by atoms with van der Waals surface area (Å²) in [5.41, 5.74) is 0. The Kier molecular flexibility index (Phi) is 25.6. The average molecular weight is 364 g/mol. The summed E-state index contributed by atoms with van der Waals surface area (Å²) in [5, 5.41) is 3.10. The summed E-state index contributed by atoms with van der Waals surface area (Å²) in [6.45, 7) is 5.26. The quantitative estimate of drug-likeness (QED) is 0.193. The van der Waals surface area contributed by atoms with Crippen molar-refractivity contribution >= 4 is 12.4 Å². The second-order valence-corrected chi connectivity index (χ2v) is 7.10. The van der Waals surface area contributed by atoms with Crippen LogP contribution in [0, 0.1) is 0 Å². The van der Waals surface area contributed by atoms with Crippen molar-refractivity contribution in [2.75, 3.05) is 13.7 Å². The maximum Gasteiger partial charge on any atom is 0.105 e. The fourth-order valence-electron chi connectivity index (χ4n) is 2.99. The van der Waals surface area contributed by atoms with Gasteiger partial charge in [0.1, 0.15) is 6.23 Å². The van der Waals surface area contributed by atoms with Crippen LogP contribution in [0.15, 0.2) is 0 Å². The highest BCUT2D eigenvalue weighted by atomic mass is 35.5. The molecule has 0 saturated carbocycles. The van der Waals surface area contributed by atoms with E-state index in [-0.39, 0.29) is 18.6 Å². The lowest BCUT2D eigenvalue weighted by Crippen LogP contribution is -2.24. The van der Waals surface area contributed by atoms with Crippen molar-refractivity contribution in [2.24, 2.45) is 0 Å². The first kappa shape index (κ1) is 26.4. The smallest absolute Gasteiger partial charge is 0.105 e. The number of rotatable bonds is 19. The molecule has 1 atom stereocenters. The van der Waals surface area contributed by atoms with Gasteiger partial charge in [-0.25, -0.2) is 0 Å². The van der Waals surface area contributed by atoms with Crippen LogP contribution >= 0.6 is 12.4 Å². The normalized spacial score (nSPS) is 12.1. The first-order valence-electron chi connectivity index (χ1n) is 10.6. The van der Waals surface area contributed by atoms with Gasteiger partial charge in [-0.15, -0.1) is 12.4 Å². The molecule has 148 valence electrons. The van der Waals surface area contributed by atoms with Gasteiger partial charge in [0, 0.05) is 6.61 Å². The second kappa shape index (κ2) is 23.2. The van der Waals surface area contributed by atoms with Gasteiger partial charge in [0.15, 0.2) is 0 Å². The van der Waals surface area contributed by atoms with Crippen LogP contribution in [-0.2, 0) is 4.74 Å². The number of unbranched alkanes of at least 4 members (excludes halogenated alkanes) is 15. The summed E-state index contributed by atoms with van der Waals surface area (Å²) in [6, 6.07) is 0. The van der Waals surface area contributed by atoms with Crippen LogP contribution in [0.4, 0.5) is 0 Å². The minimum absolute atomic E-state index is 0. The van der Waals surface area contributed by atoms with Crippen molar-refractivity contribution < 1.29 is 4.74 Å². The zero-order chi connectivity index (χ0) is 17.0. The largest absolute Gasteiger partial charge is 0.364 e. The molecule has 0 aromatic heterocycles. The van der Waals surface area contributed by atoms with Crippen molar-refractivity contribution in [3.63, 3.8) is 0 Å². The van der Waals surface area contributed by atoms with Crippen molar-refractivity contribution in [1.82, 2.24) is 5.32 Å². The molecule has 0 fully saturated rings. The minimum Gasteiger partial charge on any atom is -0.364 e. The van der Waals surface area contributed by atoms with Crippen molar-refractivity contribution in [3.8, 4) is 0 Å². The molecule has 0 rings (SSSR count). The Morgan fingerprint density at radius 2 is 0.958 bits per heavy atom. The average Bonchev–Trinajstić information content (AvgIpc) is 2.57. The molecule has 0 radical (unpaired) electrons. The maximum absolute atomic E-state index is 5.60. The Balaban J connectivity index is 0. The highest BCUT2D eigenvalue weighted by Gasteiger charge is 1.97. The molecule has 1 unspecified atom stereocenters. The predicted octanol–water partition coefficient (Wildman–Crippen LogP) is 7.25. The van der Waals surface area contributed by atoms with E-state index < -0.39 is 0 Å². The Labute approximate surface area is 159 Å². The van der Waals surface area contributed by atoms with Gasteiger partial charge < -0.3 is 4.74 Å². The molecule has 2 nitrogen and oxygen atoms in total. The van der Waals surface area contributed by atoms with Gasteiger partial charge >= 0.3 is 0 Å². The topological polar surface area (TPSA) is 21.3 Å². The number of ether oxygens (including phenoxy) is 1. The first-order valence-corrected chi connectivity index (χ1v) is 10.6. The van der Waals surface area contributed by atoms with E-state index in [1.165, 1.54) is 103 Å². The lowest BCUT2D eigenvalue weighted by Gasteiger charge is -2.11. The zero-order valence-corrected chi connectivity index (χ0v) is 17.7. The molecule has 0 aromatic rings. The van der Waals surface area contributed by atoms with E-state index in [1.807, 2.05) is 7.05 Å². The molecule has 0 spiro atoms. The van der Waals surface area contributed by atoms with Crippen LogP contribution in [0.2, 0.25) is 0 Å². The predicted molar refractivity (Wildman–Crippen MR) is 111 cm³/mol. The molecule has 0 heterocycles. The highest BCUT2D eigenvalue weighted by molar-refractivity contribution is 5.85. The standard InChI is InChI=1S/C21H45NO.ClH/c1-4-5-6-7-8-9-10-11-12-13-14-15-16-17-18-19-20-23-21(2)22-3;/h21-22H,4-20H2,1-3H3;1H. The van der Waals surface area contributed by atoms with E-state index >= 15 is 0 Å².